The highest BCUT2D eigenvalue weighted by atomic mass is 35.5. The molecule has 3 aromatic carbocycles. The van der Waals surface area contributed by atoms with Crippen LogP contribution in [0.15, 0.2) is 60.7 Å². The lowest BCUT2D eigenvalue weighted by atomic mass is 10.2. The van der Waals surface area contributed by atoms with Crippen molar-refractivity contribution < 1.29 is 28.5 Å². The van der Waals surface area contributed by atoms with Crippen LogP contribution in [-0.2, 0) is 9.53 Å². The normalized spacial score (nSPS) is 10.8. The van der Waals surface area contributed by atoms with Crippen molar-refractivity contribution in [3.05, 3.63) is 81.3 Å². The molecule has 3 rings (SSSR count). The number of rotatable bonds is 12. The average molecular weight is 552 g/mol. The summed E-state index contributed by atoms with van der Waals surface area (Å²) in [6.45, 7) is 0.641. The monoisotopic (exact) mass is 550 g/mol. The summed E-state index contributed by atoms with van der Waals surface area (Å²) in [6.07, 6.45) is 4.30. The Bertz CT molecular complexity index is 1210. The first-order chi connectivity index (χ1) is 17.4. The van der Waals surface area contributed by atoms with Gasteiger partial charge in [-0.2, -0.15) is 0 Å². The minimum absolute atomic E-state index is 0.262. The third kappa shape index (κ3) is 8.26. The minimum atomic E-state index is -0.434. The number of ether oxygens (including phenoxy) is 5. The van der Waals surface area contributed by atoms with E-state index >= 15 is 0 Å². The second kappa shape index (κ2) is 13.9. The standard InChI is InChI=1S/C27H25Cl3O6/c1-32-23-9-5-18(15-25(23)33-2)6-12-27(31)35-14-4-3-13-34-26-17-20(29)8-11-24(26)36-22-10-7-19(28)16-21(22)30/h5-12,15-17H,3-4,13-14H2,1-2H3/b12-6+. The van der Waals surface area contributed by atoms with Gasteiger partial charge in [0.15, 0.2) is 23.0 Å². The van der Waals surface area contributed by atoms with E-state index in [-0.39, 0.29) is 6.61 Å². The molecule has 0 amide bonds. The number of halogens is 3. The Morgan fingerprint density at radius 2 is 1.42 bits per heavy atom. The molecule has 0 bridgehead atoms. The van der Waals surface area contributed by atoms with Crippen molar-refractivity contribution >= 4 is 46.8 Å². The predicted octanol–water partition coefficient (Wildman–Crippen LogP) is 7.87. The molecule has 0 fully saturated rings. The minimum Gasteiger partial charge on any atom is -0.493 e. The Balaban J connectivity index is 1.44. The van der Waals surface area contributed by atoms with Crippen molar-refractivity contribution in [1.82, 2.24) is 0 Å². The zero-order valence-electron chi connectivity index (χ0n) is 19.8. The molecule has 0 radical (unpaired) electrons. The first-order valence-electron chi connectivity index (χ1n) is 11.0. The molecule has 0 spiro atoms. The van der Waals surface area contributed by atoms with Crippen molar-refractivity contribution in [1.29, 1.82) is 0 Å². The number of hydrogen-bond acceptors (Lipinski definition) is 6. The van der Waals surface area contributed by atoms with Crippen molar-refractivity contribution in [2.24, 2.45) is 0 Å². The maximum Gasteiger partial charge on any atom is 0.330 e. The molecule has 0 N–H and O–H groups in total. The molecule has 0 aliphatic carbocycles. The van der Waals surface area contributed by atoms with Crippen LogP contribution in [0.4, 0.5) is 0 Å². The van der Waals surface area contributed by atoms with E-state index in [9.17, 15) is 4.79 Å². The van der Waals surface area contributed by atoms with E-state index in [2.05, 4.69) is 0 Å². The molecule has 6 nitrogen and oxygen atoms in total. The summed E-state index contributed by atoms with van der Waals surface area (Å²) >= 11 is 18.3. The van der Waals surface area contributed by atoms with E-state index < -0.39 is 5.97 Å². The van der Waals surface area contributed by atoms with Crippen molar-refractivity contribution in [2.75, 3.05) is 27.4 Å². The molecule has 36 heavy (non-hydrogen) atoms. The summed E-state index contributed by atoms with van der Waals surface area (Å²) in [4.78, 5) is 12.0. The van der Waals surface area contributed by atoms with Gasteiger partial charge in [0.2, 0.25) is 0 Å². The zero-order valence-corrected chi connectivity index (χ0v) is 22.0. The fourth-order valence-corrected chi connectivity index (χ4v) is 3.69. The highest BCUT2D eigenvalue weighted by Gasteiger charge is 2.11. The van der Waals surface area contributed by atoms with Crippen LogP contribution in [0.2, 0.25) is 15.1 Å². The number of esters is 1. The van der Waals surface area contributed by atoms with Gasteiger partial charge in [-0.25, -0.2) is 4.79 Å². The maximum absolute atomic E-state index is 12.0. The first-order valence-corrected chi connectivity index (χ1v) is 12.1. The van der Waals surface area contributed by atoms with Crippen LogP contribution in [0, 0.1) is 0 Å². The molecule has 9 heteroatoms. The second-order valence-corrected chi connectivity index (χ2v) is 8.72. The lowest BCUT2D eigenvalue weighted by Gasteiger charge is -2.14. The smallest absolute Gasteiger partial charge is 0.330 e. The number of methoxy groups -OCH3 is 2. The molecular formula is C27H25Cl3O6. The Hall–Kier alpha value is -3.06. The van der Waals surface area contributed by atoms with Gasteiger partial charge in [-0.05, 0) is 66.9 Å². The van der Waals surface area contributed by atoms with E-state index in [4.69, 9.17) is 58.5 Å². The van der Waals surface area contributed by atoms with Gasteiger partial charge in [0.1, 0.15) is 5.75 Å². The van der Waals surface area contributed by atoms with Crippen LogP contribution < -0.4 is 18.9 Å². The first kappa shape index (κ1) is 27.5. The van der Waals surface area contributed by atoms with Crippen LogP contribution in [0.1, 0.15) is 18.4 Å². The number of carbonyl (C=O) groups is 1. The van der Waals surface area contributed by atoms with Crippen molar-refractivity contribution in [2.45, 2.75) is 12.8 Å². The molecular weight excluding hydrogens is 527 g/mol. The summed E-state index contributed by atoms with van der Waals surface area (Å²) in [6, 6.07) is 15.4. The van der Waals surface area contributed by atoms with Gasteiger partial charge in [0.05, 0.1) is 32.5 Å². The Morgan fingerprint density at radius 1 is 0.750 bits per heavy atom. The van der Waals surface area contributed by atoms with Crippen LogP contribution in [0.5, 0.6) is 28.7 Å². The Labute approximate surface area is 225 Å². The quantitative estimate of drug-likeness (QED) is 0.130. The second-order valence-electron chi connectivity index (χ2n) is 7.44. The summed E-state index contributed by atoms with van der Waals surface area (Å²) in [5, 5.41) is 1.40. The van der Waals surface area contributed by atoms with Gasteiger partial charge in [0, 0.05) is 22.2 Å². The van der Waals surface area contributed by atoms with Gasteiger partial charge < -0.3 is 23.7 Å². The molecule has 0 unspecified atom stereocenters. The number of benzene rings is 3. The van der Waals surface area contributed by atoms with Crippen molar-refractivity contribution in [3.8, 4) is 28.7 Å². The van der Waals surface area contributed by atoms with E-state index in [1.165, 1.54) is 6.08 Å². The predicted molar refractivity (Wildman–Crippen MR) is 142 cm³/mol. The van der Waals surface area contributed by atoms with E-state index in [1.54, 1.807) is 68.8 Å². The van der Waals surface area contributed by atoms with Gasteiger partial charge in [-0.1, -0.05) is 40.9 Å². The number of hydrogen-bond donors (Lipinski definition) is 0. The van der Waals surface area contributed by atoms with Gasteiger partial charge >= 0.3 is 5.97 Å². The third-order valence-corrected chi connectivity index (χ3v) is 5.65. The summed E-state index contributed by atoms with van der Waals surface area (Å²) in [5.41, 5.74) is 0.789. The highest BCUT2D eigenvalue weighted by molar-refractivity contribution is 6.35. The maximum atomic E-state index is 12.0. The van der Waals surface area contributed by atoms with Crippen LogP contribution in [0.3, 0.4) is 0 Å². The van der Waals surface area contributed by atoms with E-state index in [0.29, 0.717) is 63.3 Å². The molecule has 0 saturated heterocycles. The summed E-state index contributed by atoms with van der Waals surface area (Å²) < 4.78 is 27.5. The Kier molecular flexibility index (Phi) is 10.6. The van der Waals surface area contributed by atoms with Crippen LogP contribution in [0.25, 0.3) is 6.08 Å². The lowest BCUT2D eigenvalue weighted by Crippen LogP contribution is -2.05. The van der Waals surface area contributed by atoms with Gasteiger partial charge in [-0.15, -0.1) is 0 Å². The largest absolute Gasteiger partial charge is 0.493 e. The molecule has 0 aromatic heterocycles. The molecule has 0 saturated carbocycles. The topological polar surface area (TPSA) is 63.2 Å². The zero-order chi connectivity index (χ0) is 25.9. The molecule has 0 aliphatic heterocycles. The van der Waals surface area contributed by atoms with Gasteiger partial charge in [-0.3, -0.25) is 0 Å². The molecule has 3 aromatic rings. The molecule has 0 atom stereocenters. The molecule has 190 valence electrons. The third-order valence-electron chi connectivity index (χ3n) is 4.88. The van der Waals surface area contributed by atoms with Crippen molar-refractivity contribution in [3.63, 3.8) is 0 Å². The molecule has 0 heterocycles. The van der Waals surface area contributed by atoms with E-state index in [0.717, 1.165) is 5.56 Å². The fraction of sp³-hybridized carbons (Fsp3) is 0.222. The van der Waals surface area contributed by atoms with E-state index in [1.807, 2.05) is 6.07 Å². The lowest BCUT2D eigenvalue weighted by molar-refractivity contribution is -0.137. The fourth-order valence-electron chi connectivity index (χ4n) is 3.08. The number of carbonyl (C=O) groups excluding carboxylic acids is 1. The van der Waals surface area contributed by atoms with Crippen LogP contribution >= 0.6 is 34.8 Å². The Morgan fingerprint density at radius 3 is 2.14 bits per heavy atom. The SMILES string of the molecule is COc1ccc(/C=C/C(=O)OCCCCOc2cc(Cl)ccc2Oc2ccc(Cl)cc2Cl)cc1OC. The average Bonchev–Trinajstić information content (AvgIpc) is 2.87. The number of unbranched alkanes of at least 4 members (excludes halogenated alkanes) is 1. The van der Waals surface area contributed by atoms with Crippen LogP contribution in [-0.4, -0.2) is 33.4 Å². The summed E-state index contributed by atoms with van der Waals surface area (Å²) in [7, 11) is 3.12. The molecule has 0 aliphatic rings. The highest BCUT2D eigenvalue weighted by Crippen LogP contribution is 2.37. The van der Waals surface area contributed by atoms with Gasteiger partial charge in [0.25, 0.3) is 0 Å². The summed E-state index contributed by atoms with van der Waals surface area (Å²) in [5.74, 6) is 2.15.